The number of methoxy groups -OCH3 is 2. The number of carbonyl (C=O) groups is 1. The maximum absolute atomic E-state index is 12.3. The Labute approximate surface area is 341 Å². The molecule has 0 saturated heterocycles. The monoisotopic (exact) mass is 839 g/mol. The van der Waals surface area contributed by atoms with Gasteiger partial charge in [0, 0.05) is 66.7 Å². The van der Waals surface area contributed by atoms with Crippen molar-refractivity contribution >= 4 is 38.0 Å². The van der Waals surface area contributed by atoms with Gasteiger partial charge in [-0.15, -0.1) is 0 Å². The van der Waals surface area contributed by atoms with Gasteiger partial charge in [0.15, 0.2) is 13.1 Å². The number of benzene rings is 3. The van der Waals surface area contributed by atoms with Crippen molar-refractivity contribution in [2.75, 3.05) is 57.7 Å². The van der Waals surface area contributed by atoms with E-state index in [1.54, 1.807) is 20.3 Å². The zero-order valence-corrected chi connectivity index (χ0v) is 35.6. The predicted molar refractivity (Wildman–Crippen MR) is 226 cm³/mol. The van der Waals surface area contributed by atoms with Crippen molar-refractivity contribution in [1.82, 2.24) is 4.58 Å². The van der Waals surface area contributed by atoms with Crippen molar-refractivity contribution in [2.24, 2.45) is 0 Å². The Balaban J connectivity index is 0.00000366. The van der Waals surface area contributed by atoms with Crippen LogP contribution >= 0.6 is 0 Å². The molecule has 1 atom stereocenters. The smallest absolute Gasteiger partial charge is 0.303 e. The molecule has 2 aromatic carbocycles. The summed E-state index contributed by atoms with van der Waals surface area (Å²) in [7, 11) is -5.54. The Morgan fingerprint density at radius 1 is 0.931 bits per heavy atom. The molecule has 1 unspecified atom stereocenters. The van der Waals surface area contributed by atoms with E-state index in [1.165, 1.54) is 12.1 Å². The molecule has 0 saturated carbocycles. The average Bonchev–Trinajstić information content (AvgIpc) is 3.41. The summed E-state index contributed by atoms with van der Waals surface area (Å²) in [5.74, 6) is -0.156. The fraction of sp³-hybridized carbons (Fsp3) is 0.395. The Morgan fingerprint density at radius 2 is 1.60 bits per heavy atom. The van der Waals surface area contributed by atoms with E-state index in [4.69, 9.17) is 13.9 Å². The van der Waals surface area contributed by atoms with Gasteiger partial charge in [0.1, 0.15) is 24.7 Å². The minimum Gasteiger partial charge on any atom is -0.481 e. The maximum atomic E-state index is 12.3. The topological polar surface area (TPSA) is 184 Å². The molecule has 2 aliphatic heterocycles. The van der Waals surface area contributed by atoms with Crippen molar-refractivity contribution in [1.29, 1.82) is 0 Å². The Kier molecular flexibility index (Phi) is 16.2. The SMILES string of the molecule is CC.COCC[N+](CCOC)=c1ccc2c(/C=C/C=C3\N(CCCS(=O)(=O)O)c4ccc(S(=O)(=O)O)cc4C3(C)CCCC(=O)O)c(C)c(-c3ccccc3)oc-2c1. The number of anilines is 1. The molecule has 0 bridgehead atoms. The molecule has 3 N–H and O–H groups in total. The third-order valence-corrected chi connectivity index (χ3v) is 11.8. The zero-order valence-electron chi connectivity index (χ0n) is 34.0. The first-order chi connectivity index (χ1) is 27.6. The van der Waals surface area contributed by atoms with Gasteiger partial charge >= 0.3 is 5.97 Å². The Morgan fingerprint density at radius 3 is 2.21 bits per heavy atom. The number of rotatable bonds is 18. The number of allylic oxidation sites excluding steroid dienone is 3. The van der Waals surface area contributed by atoms with Gasteiger partial charge in [0.05, 0.1) is 16.7 Å². The number of nitrogens with zero attached hydrogens (tertiary/aromatic N) is 2. The summed E-state index contributed by atoms with van der Waals surface area (Å²) in [5.41, 5.74) is 4.32. The van der Waals surface area contributed by atoms with E-state index in [0.717, 1.165) is 27.6 Å². The number of ether oxygens (including phenoxy) is 2. The van der Waals surface area contributed by atoms with Crippen LogP contribution in [0.5, 0.6) is 0 Å². The highest BCUT2D eigenvalue weighted by atomic mass is 32.2. The van der Waals surface area contributed by atoms with Gasteiger partial charge in [-0.1, -0.05) is 56.3 Å². The first-order valence-electron chi connectivity index (χ1n) is 19.2. The number of aliphatic carboxylic acids is 1. The van der Waals surface area contributed by atoms with Crippen LogP contribution in [0.2, 0.25) is 0 Å². The van der Waals surface area contributed by atoms with Crippen LogP contribution in [0.1, 0.15) is 63.1 Å². The van der Waals surface area contributed by atoms with E-state index in [0.29, 0.717) is 61.2 Å². The summed E-state index contributed by atoms with van der Waals surface area (Å²) in [6, 6.07) is 20.0. The third kappa shape index (κ3) is 11.3. The summed E-state index contributed by atoms with van der Waals surface area (Å²) in [4.78, 5) is 13.1. The molecular formula is C43H55N2O11S2+. The van der Waals surface area contributed by atoms with E-state index in [-0.39, 0.29) is 30.7 Å². The number of carboxylic acid groups (broad SMARTS) is 1. The molecule has 314 valence electrons. The van der Waals surface area contributed by atoms with E-state index in [1.807, 2.05) is 99.4 Å². The fourth-order valence-corrected chi connectivity index (χ4v) is 8.31. The molecule has 0 spiro atoms. The molecule has 2 aromatic rings. The molecule has 15 heteroatoms. The summed E-state index contributed by atoms with van der Waals surface area (Å²) in [6.45, 7) is 10.3. The van der Waals surface area contributed by atoms with Gasteiger partial charge in [-0.05, 0) is 74.6 Å². The van der Waals surface area contributed by atoms with Crippen LogP contribution in [0.15, 0.2) is 93.9 Å². The van der Waals surface area contributed by atoms with Crippen LogP contribution in [0.3, 0.4) is 0 Å². The number of carboxylic acids is 1. The van der Waals surface area contributed by atoms with Crippen molar-refractivity contribution < 1.29 is 49.7 Å². The van der Waals surface area contributed by atoms with E-state index < -0.39 is 37.4 Å². The fourth-order valence-electron chi connectivity index (χ4n) is 7.31. The first-order valence-corrected chi connectivity index (χ1v) is 22.3. The molecule has 0 amide bonds. The summed E-state index contributed by atoms with van der Waals surface area (Å²) >= 11 is 0. The van der Waals surface area contributed by atoms with E-state index >= 15 is 0 Å². The minimum absolute atomic E-state index is 0.0447. The largest absolute Gasteiger partial charge is 0.481 e. The molecule has 3 aliphatic rings. The van der Waals surface area contributed by atoms with Crippen LogP contribution in [0, 0.1) is 6.92 Å². The molecule has 1 aliphatic carbocycles. The lowest BCUT2D eigenvalue weighted by atomic mass is 9.77. The molecule has 5 rings (SSSR count). The molecular weight excluding hydrogens is 785 g/mol. The molecule has 58 heavy (non-hydrogen) atoms. The molecule has 0 fully saturated rings. The number of hydrogen-bond donors (Lipinski definition) is 3. The Hall–Kier alpha value is -4.64. The molecule has 0 aromatic heterocycles. The lowest BCUT2D eigenvalue weighted by Gasteiger charge is -2.30. The quantitative estimate of drug-likeness (QED) is 0.0697. The van der Waals surface area contributed by atoms with Crippen LogP contribution in [0.25, 0.3) is 28.7 Å². The second-order valence-electron chi connectivity index (χ2n) is 13.9. The number of hydrogen-bond acceptors (Lipinski definition) is 9. The molecule has 13 nitrogen and oxygen atoms in total. The highest BCUT2D eigenvalue weighted by molar-refractivity contribution is 7.86. The minimum atomic E-state index is -4.59. The normalized spacial score (nSPS) is 16.1. The van der Waals surface area contributed by atoms with Crippen LogP contribution in [0.4, 0.5) is 5.69 Å². The van der Waals surface area contributed by atoms with Gasteiger partial charge in [0.2, 0.25) is 5.36 Å². The van der Waals surface area contributed by atoms with Gasteiger partial charge in [-0.2, -0.15) is 16.8 Å². The average molecular weight is 840 g/mol. The Bertz CT molecular complexity index is 2360. The standard InChI is InChI=1S/C41H48N2O11S2.C2H6/c1-29-33(34-18-16-31(42(22-24-52-3)23-25-53-4)27-37(34)54-40(29)30-11-6-5-7-12-30)13-8-14-38-41(2,20-9-15-39(44)45)35-28-32(56(49,50)51)17-19-36(35)43(38)21-10-26-55(46,47)48;1-2/h5-8,11-14,16-19,27-28H,9-10,15,20-26H2,1-4H3,(H2-,44,45,46,47,48,49,50,51);1-2H3/p+1. The van der Waals surface area contributed by atoms with E-state index in [9.17, 15) is 35.8 Å². The van der Waals surface area contributed by atoms with Crippen LogP contribution < -0.4 is 14.8 Å². The van der Waals surface area contributed by atoms with Gasteiger partial charge in [0.25, 0.3) is 20.2 Å². The highest BCUT2D eigenvalue weighted by Gasteiger charge is 2.43. The van der Waals surface area contributed by atoms with Crippen molar-refractivity contribution in [3.8, 4) is 22.6 Å². The summed E-state index contributed by atoms with van der Waals surface area (Å²) in [6.07, 6.45) is 6.15. The van der Waals surface area contributed by atoms with E-state index in [2.05, 4.69) is 4.58 Å². The van der Waals surface area contributed by atoms with Crippen molar-refractivity contribution in [2.45, 2.75) is 63.7 Å². The second-order valence-corrected chi connectivity index (χ2v) is 16.9. The van der Waals surface area contributed by atoms with Gasteiger partial charge in [-0.3, -0.25) is 13.9 Å². The third-order valence-electron chi connectivity index (χ3n) is 10.1. The van der Waals surface area contributed by atoms with Crippen molar-refractivity contribution in [3.63, 3.8) is 0 Å². The van der Waals surface area contributed by atoms with Gasteiger partial charge in [-0.25, -0.2) is 4.58 Å². The lowest BCUT2D eigenvalue weighted by molar-refractivity contribution is -0.137. The highest BCUT2D eigenvalue weighted by Crippen LogP contribution is 2.51. The molecule has 2 heterocycles. The number of fused-ring (bicyclic) bond motifs is 2. The zero-order chi connectivity index (χ0) is 42.7. The van der Waals surface area contributed by atoms with Gasteiger partial charge < -0.3 is 23.9 Å². The first kappa shape index (κ1) is 46.1. The maximum Gasteiger partial charge on any atom is 0.303 e. The summed E-state index contributed by atoms with van der Waals surface area (Å²) < 4.78 is 86.9. The van der Waals surface area contributed by atoms with Crippen LogP contribution in [-0.4, -0.2) is 89.8 Å². The lowest BCUT2D eigenvalue weighted by Crippen LogP contribution is -2.35. The predicted octanol–water partition coefficient (Wildman–Crippen LogP) is 6.91. The molecule has 0 radical (unpaired) electrons. The van der Waals surface area contributed by atoms with Crippen molar-refractivity contribution in [3.05, 3.63) is 107 Å². The summed E-state index contributed by atoms with van der Waals surface area (Å²) in [5, 5.41) is 10.4. The van der Waals surface area contributed by atoms with Crippen LogP contribution in [-0.2, 0) is 39.9 Å². The second kappa shape index (κ2) is 20.4.